The molecular weight excluding hydrogens is 342 g/mol. The third-order valence-corrected chi connectivity index (χ3v) is 5.26. The summed E-state index contributed by atoms with van der Waals surface area (Å²) in [7, 11) is -3.99. The fraction of sp³-hybridized carbons (Fsp3) is 0.0556. The Bertz CT molecular complexity index is 1090. The third kappa shape index (κ3) is 3.14. The zero-order valence-electron chi connectivity index (χ0n) is 13.2. The molecule has 3 rings (SSSR count). The van der Waals surface area contributed by atoms with Crippen molar-refractivity contribution in [2.45, 2.75) is 11.8 Å². The summed E-state index contributed by atoms with van der Waals surface area (Å²) >= 11 is 0. The molecule has 128 valence electrons. The van der Waals surface area contributed by atoms with Crippen LogP contribution < -0.4 is 4.72 Å². The minimum atomic E-state index is -3.99. The number of carboxylic acid groups (broad SMARTS) is 1. The van der Waals surface area contributed by atoms with Gasteiger partial charge in [-0.25, -0.2) is 13.2 Å². The predicted octanol–water partition coefficient (Wildman–Crippen LogP) is 3.35. The van der Waals surface area contributed by atoms with E-state index in [2.05, 4.69) is 4.72 Å². The van der Waals surface area contributed by atoms with E-state index in [4.69, 9.17) is 0 Å². The lowest BCUT2D eigenvalue weighted by molar-refractivity contribution is 0.0696. The Morgan fingerprint density at radius 1 is 1.00 bits per heavy atom. The van der Waals surface area contributed by atoms with Gasteiger partial charge >= 0.3 is 5.97 Å². The van der Waals surface area contributed by atoms with Crippen molar-refractivity contribution in [1.82, 2.24) is 0 Å². The molecule has 3 N–H and O–H groups in total. The van der Waals surface area contributed by atoms with Gasteiger partial charge in [0.25, 0.3) is 10.0 Å². The van der Waals surface area contributed by atoms with Gasteiger partial charge in [0.15, 0.2) is 0 Å². The molecule has 0 saturated heterocycles. The van der Waals surface area contributed by atoms with Crippen molar-refractivity contribution in [3.8, 4) is 5.75 Å². The summed E-state index contributed by atoms with van der Waals surface area (Å²) in [6.07, 6.45) is 0. The van der Waals surface area contributed by atoms with Crippen LogP contribution in [0.3, 0.4) is 0 Å². The number of aryl methyl sites for hydroxylation is 1. The monoisotopic (exact) mass is 357 g/mol. The standard InChI is InChI=1S/C18H15NO5S/c1-11-6-7-12(10-15(11)18(21)22)25(23,24)19-16-8-9-17(20)14-5-3-2-4-13(14)16/h2-10,19-20H,1H3,(H,21,22). The first-order chi connectivity index (χ1) is 11.8. The van der Waals surface area contributed by atoms with Crippen LogP contribution in [0.25, 0.3) is 10.8 Å². The average molecular weight is 357 g/mol. The van der Waals surface area contributed by atoms with E-state index in [0.29, 0.717) is 22.0 Å². The van der Waals surface area contributed by atoms with Crippen LogP contribution >= 0.6 is 0 Å². The van der Waals surface area contributed by atoms with Gasteiger partial charge in [-0.1, -0.05) is 30.3 Å². The molecule has 6 nitrogen and oxygen atoms in total. The molecule has 0 fully saturated rings. The first-order valence-electron chi connectivity index (χ1n) is 7.37. The van der Waals surface area contributed by atoms with Gasteiger partial charge in [0, 0.05) is 10.8 Å². The molecule has 0 aliphatic heterocycles. The smallest absolute Gasteiger partial charge is 0.335 e. The van der Waals surface area contributed by atoms with Crippen molar-refractivity contribution in [2.75, 3.05) is 4.72 Å². The number of carbonyl (C=O) groups is 1. The number of nitrogens with one attached hydrogen (secondary N) is 1. The summed E-state index contributed by atoms with van der Waals surface area (Å²) < 4.78 is 27.8. The van der Waals surface area contributed by atoms with E-state index in [-0.39, 0.29) is 16.2 Å². The molecule has 25 heavy (non-hydrogen) atoms. The zero-order chi connectivity index (χ0) is 18.2. The molecule has 7 heteroatoms. The summed E-state index contributed by atoms with van der Waals surface area (Å²) in [5.74, 6) is -1.15. The van der Waals surface area contributed by atoms with Crippen LogP contribution in [0.2, 0.25) is 0 Å². The fourth-order valence-corrected chi connectivity index (χ4v) is 3.68. The van der Waals surface area contributed by atoms with Crippen LogP contribution in [0.4, 0.5) is 5.69 Å². The van der Waals surface area contributed by atoms with Gasteiger partial charge < -0.3 is 10.2 Å². The molecule has 0 atom stereocenters. The second-order valence-corrected chi connectivity index (χ2v) is 7.25. The minimum absolute atomic E-state index is 0.0436. The van der Waals surface area contributed by atoms with Crippen LogP contribution in [0.1, 0.15) is 15.9 Å². The second kappa shape index (κ2) is 6.10. The predicted molar refractivity (Wildman–Crippen MR) is 94.6 cm³/mol. The van der Waals surface area contributed by atoms with Gasteiger partial charge in [-0.15, -0.1) is 0 Å². The Balaban J connectivity index is 2.08. The van der Waals surface area contributed by atoms with Crippen LogP contribution in [0.5, 0.6) is 5.75 Å². The first kappa shape index (κ1) is 16.8. The Kier molecular flexibility index (Phi) is 4.10. The van der Waals surface area contributed by atoms with E-state index < -0.39 is 16.0 Å². The lowest BCUT2D eigenvalue weighted by atomic mass is 10.1. The molecule has 0 amide bonds. The maximum atomic E-state index is 12.6. The van der Waals surface area contributed by atoms with Crippen molar-refractivity contribution in [2.24, 2.45) is 0 Å². The summed E-state index contributed by atoms with van der Waals surface area (Å²) in [5.41, 5.74) is 0.700. The molecule has 0 heterocycles. The number of hydrogen-bond donors (Lipinski definition) is 3. The molecule has 0 aliphatic rings. The maximum absolute atomic E-state index is 12.6. The number of aromatic carboxylic acids is 1. The molecule has 0 aliphatic carbocycles. The lowest BCUT2D eigenvalue weighted by Gasteiger charge is -2.12. The van der Waals surface area contributed by atoms with Crippen LogP contribution in [0, 0.1) is 6.92 Å². The molecule has 3 aromatic rings. The molecule has 3 aromatic carbocycles. The highest BCUT2D eigenvalue weighted by atomic mass is 32.2. The van der Waals surface area contributed by atoms with E-state index in [1.807, 2.05) is 0 Å². The largest absolute Gasteiger partial charge is 0.507 e. The normalized spacial score (nSPS) is 11.4. The number of benzene rings is 3. The Hall–Kier alpha value is -3.06. The maximum Gasteiger partial charge on any atom is 0.335 e. The summed E-state index contributed by atoms with van der Waals surface area (Å²) in [6.45, 7) is 1.60. The van der Waals surface area contributed by atoms with E-state index >= 15 is 0 Å². The van der Waals surface area contributed by atoms with Gasteiger partial charge in [0.05, 0.1) is 16.1 Å². The zero-order valence-corrected chi connectivity index (χ0v) is 14.0. The number of fused-ring (bicyclic) bond motifs is 1. The second-order valence-electron chi connectivity index (χ2n) is 5.57. The van der Waals surface area contributed by atoms with E-state index in [1.54, 1.807) is 31.2 Å². The van der Waals surface area contributed by atoms with Gasteiger partial charge in [-0.2, -0.15) is 0 Å². The Morgan fingerprint density at radius 3 is 2.36 bits per heavy atom. The van der Waals surface area contributed by atoms with Crippen LogP contribution in [0.15, 0.2) is 59.5 Å². The van der Waals surface area contributed by atoms with Crippen molar-refractivity contribution in [3.63, 3.8) is 0 Å². The van der Waals surface area contributed by atoms with Gasteiger partial charge in [0.1, 0.15) is 5.75 Å². The van der Waals surface area contributed by atoms with E-state index in [1.165, 1.54) is 24.3 Å². The number of phenols is 1. The van der Waals surface area contributed by atoms with Crippen LogP contribution in [-0.2, 0) is 10.0 Å². The van der Waals surface area contributed by atoms with Gasteiger partial charge in [-0.05, 0) is 36.8 Å². The number of hydrogen-bond acceptors (Lipinski definition) is 4. The van der Waals surface area contributed by atoms with Crippen LogP contribution in [-0.4, -0.2) is 24.6 Å². The summed E-state index contributed by atoms with van der Waals surface area (Å²) in [4.78, 5) is 11.1. The van der Waals surface area contributed by atoms with Crippen molar-refractivity contribution in [3.05, 3.63) is 65.7 Å². The molecule has 0 unspecified atom stereocenters. The number of phenolic OH excluding ortho intramolecular Hbond substituents is 1. The fourth-order valence-electron chi connectivity index (χ4n) is 2.57. The highest BCUT2D eigenvalue weighted by Crippen LogP contribution is 2.32. The number of anilines is 1. The third-order valence-electron chi connectivity index (χ3n) is 3.90. The van der Waals surface area contributed by atoms with Crippen molar-refractivity contribution < 1.29 is 23.4 Å². The Labute approximate surface area is 144 Å². The van der Waals surface area contributed by atoms with Crippen molar-refractivity contribution >= 4 is 32.5 Å². The quantitative estimate of drug-likeness (QED) is 0.621. The number of aromatic hydroxyl groups is 1. The first-order valence-corrected chi connectivity index (χ1v) is 8.85. The molecule has 0 spiro atoms. The van der Waals surface area contributed by atoms with Gasteiger partial charge in [0.2, 0.25) is 0 Å². The average Bonchev–Trinajstić information content (AvgIpc) is 2.57. The Morgan fingerprint density at radius 2 is 1.68 bits per heavy atom. The molecule has 0 radical (unpaired) electrons. The summed E-state index contributed by atoms with van der Waals surface area (Å²) in [5, 5.41) is 20.1. The van der Waals surface area contributed by atoms with E-state index in [0.717, 1.165) is 6.07 Å². The molecule has 0 aromatic heterocycles. The van der Waals surface area contributed by atoms with E-state index in [9.17, 15) is 23.4 Å². The number of carboxylic acids is 1. The SMILES string of the molecule is Cc1ccc(S(=O)(=O)Nc2ccc(O)c3ccccc23)cc1C(=O)O. The minimum Gasteiger partial charge on any atom is -0.507 e. The lowest BCUT2D eigenvalue weighted by Crippen LogP contribution is -2.14. The number of sulfonamides is 1. The van der Waals surface area contributed by atoms with Gasteiger partial charge in [-0.3, -0.25) is 4.72 Å². The number of rotatable bonds is 4. The molecule has 0 saturated carbocycles. The highest BCUT2D eigenvalue weighted by Gasteiger charge is 2.19. The topological polar surface area (TPSA) is 104 Å². The van der Waals surface area contributed by atoms with Crippen molar-refractivity contribution in [1.29, 1.82) is 0 Å². The molecular formula is C18H15NO5S. The highest BCUT2D eigenvalue weighted by molar-refractivity contribution is 7.92. The summed E-state index contributed by atoms with van der Waals surface area (Å²) in [6, 6.07) is 13.6. The molecule has 0 bridgehead atoms.